The van der Waals surface area contributed by atoms with Gasteiger partial charge >= 0.3 is 0 Å². The molecule has 0 spiro atoms. The van der Waals surface area contributed by atoms with E-state index in [-0.39, 0.29) is 16.9 Å². The van der Waals surface area contributed by atoms with E-state index >= 15 is 0 Å². The van der Waals surface area contributed by atoms with Gasteiger partial charge in [-0.2, -0.15) is 0 Å². The molecule has 1 atom stereocenters. The molecule has 0 N–H and O–H groups in total. The molecule has 49 heavy (non-hydrogen) atoms. The highest BCUT2D eigenvalue weighted by Gasteiger charge is 2.62. The number of benzene rings is 1. The summed E-state index contributed by atoms with van der Waals surface area (Å²) in [4.78, 5) is 0. The second-order valence-corrected chi connectivity index (χ2v) is 23.6. The first-order valence-electron chi connectivity index (χ1n) is 21.8. The molecule has 1 aromatic carbocycles. The molecule has 12 saturated carbocycles. The maximum Gasteiger partial charge on any atom is 0.127 e. The summed E-state index contributed by atoms with van der Waals surface area (Å²) in [5.74, 6) is 10.0. The van der Waals surface area contributed by atoms with Gasteiger partial charge in [-0.25, -0.2) is 0 Å². The number of hydrogen-bond acceptors (Lipinski definition) is 2. The first kappa shape index (κ1) is 31.5. The molecule has 13 aliphatic rings. The lowest BCUT2D eigenvalue weighted by atomic mass is 9.40. The third-order valence-corrected chi connectivity index (χ3v) is 17.5. The van der Waals surface area contributed by atoms with Crippen LogP contribution < -0.4 is 4.74 Å². The van der Waals surface area contributed by atoms with Crippen LogP contribution in [0.1, 0.15) is 185 Å². The lowest BCUT2D eigenvalue weighted by Gasteiger charge is -2.64. The minimum atomic E-state index is 0.0372. The molecule has 0 radical (unpaired) electrons. The smallest absolute Gasteiger partial charge is 0.127 e. The van der Waals surface area contributed by atoms with Crippen molar-refractivity contribution in [3.05, 3.63) is 27.8 Å². The van der Waals surface area contributed by atoms with Crippen LogP contribution in [0.15, 0.2) is 0 Å². The van der Waals surface area contributed by atoms with Gasteiger partial charge in [0.05, 0.1) is 6.61 Å². The minimum absolute atomic E-state index is 0.0372. The minimum Gasteiger partial charge on any atom is -0.490 e. The molecule has 1 unspecified atom stereocenters. The molecule has 2 heteroatoms. The number of rotatable bonds is 6. The van der Waals surface area contributed by atoms with Crippen LogP contribution in [-0.4, -0.2) is 19.3 Å². The molecule has 13 fully saturated rings. The Morgan fingerprint density at radius 2 is 0.735 bits per heavy atom. The van der Waals surface area contributed by atoms with E-state index in [0.29, 0.717) is 16.2 Å². The zero-order valence-corrected chi connectivity index (χ0v) is 32.2. The molecule has 1 aromatic rings. The number of hydrogen-bond donors (Lipinski definition) is 0. The van der Waals surface area contributed by atoms with Gasteiger partial charge in [-0.05, 0) is 213 Å². The SMILES string of the molecule is CC(C)(C)c1c(OCC2CO2)c(C(C)(C)C)c(C23CC4CC(CC(C4)C2)C3)c(C23CC4CC(CC(C4)C2)C3)c1C12CC3CC(CC(C3)C1)C2. The van der Waals surface area contributed by atoms with E-state index in [0.717, 1.165) is 66.5 Å². The summed E-state index contributed by atoms with van der Waals surface area (Å²) in [7, 11) is 0. The molecule has 1 aliphatic heterocycles. The second-order valence-electron chi connectivity index (χ2n) is 23.6. The van der Waals surface area contributed by atoms with Crippen molar-refractivity contribution >= 4 is 0 Å². The van der Waals surface area contributed by atoms with Gasteiger partial charge in [0.2, 0.25) is 0 Å². The van der Waals surface area contributed by atoms with Crippen LogP contribution >= 0.6 is 0 Å². The van der Waals surface area contributed by atoms with Crippen molar-refractivity contribution in [1.29, 1.82) is 0 Å². The standard InChI is InChI=1S/C47H68O2/c1-43(2,3)40-38(46-19-30-10-31(20-46)12-32(11-30)21-46)37(45-16-27-7-28(17-45)9-29(8-27)18-45)39(41(44(4,5)6)42(40)49-26-36-25-48-36)47-22-33-13-34(23-47)15-35(14-33)24-47/h27-36H,7-26H2,1-6H3. The summed E-state index contributed by atoms with van der Waals surface area (Å²) in [6.45, 7) is 17.2. The van der Waals surface area contributed by atoms with E-state index in [1.54, 1.807) is 30.4 Å². The van der Waals surface area contributed by atoms with E-state index < -0.39 is 0 Å². The van der Waals surface area contributed by atoms with Gasteiger partial charge in [-0.3, -0.25) is 0 Å². The largest absolute Gasteiger partial charge is 0.490 e. The fourth-order valence-corrected chi connectivity index (χ4v) is 17.5. The molecular formula is C47H68O2. The Labute approximate surface area is 299 Å². The monoisotopic (exact) mass is 665 g/mol. The van der Waals surface area contributed by atoms with Crippen molar-refractivity contribution in [1.82, 2.24) is 0 Å². The first-order valence-corrected chi connectivity index (χ1v) is 21.8. The normalized spacial score (nSPS) is 48.5. The zero-order valence-electron chi connectivity index (χ0n) is 32.2. The Hall–Kier alpha value is -1.02. The van der Waals surface area contributed by atoms with Crippen molar-refractivity contribution in [3.8, 4) is 5.75 Å². The molecule has 2 nitrogen and oxygen atoms in total. The maximum atomic E-state index is 7.50. The van der Waals surface area contributed by atoms with E-state index in [1.807, 2.05) is 11.1 Å². The van der Waals surface area contributed by atoms with Crippen LogP contribution in [0, 0.1) is 53.3 Å². The molecule has 268 valence electrons. The quantitative estimate of drug-likeness (QED) is 0.282. The Morgan fingerprint density at radius 1 is 0.469 bits per heavy atom. The third-order valence-electron chi connectivity index (χ3n) is 17.5. The van der Waals surface area contributed by atoms with Gasteiger partial charge in [0.15, 0.2) is 0 Å². The van der Waals surface area contributed by atoms with E-state index in [9.17, 15) is 0 Å². The highest BCUT2D eigenvalue weighted by atomic mass is 16.6. The van der Waals surface area contributed by atoms with Crippen LogP contribution in [0.5, 0.6) is 5.75 Å². The van der Waals surface area contributed by atoms with E-state index in [1.165, 1.54) is 102 Å². The molecule has 1 saturated heterocycles. The van der Waals surface area contributed by atoms with Crippen molar-refractivity contribution in [2.24, 2.45) is 53.3 Å². The molecule has 12 aliphatic carbocycles. The Bertz CT molecular complexity index is 1350. The maximum absolute atomic E-state index is 7.50. The predicted octanol–water partition coefficient (Wildman–Crippen LogP) is 11.5. The van der Waals surface area contributed by atoms with Gasteiger partial charge in [-0.1, -0.05) is 41.5 Å². The van der Waals surface area contributed by atoms with Crippen LogP contribution in [0.25, 0.3) is 0 Å². The fourth-order valence-electron chi connectivity index (χ4n) is 17.5. The van der Waals surface area contributed by atoms with Crippen molar-refractivity contribution in [2.45, 2.75) is 190 Å². The van der Waals surface area contributed by atoms with Gasteiger partial charge in [0.25, 0.3) is 0 Å². The van der Waals surface area contributed by atoms with Crippen molar-refractivity contribution < 1.29 is 9.47 Å². The zero-order chi connectivity index (χ0) is 33.3. The summed E-state index contributed by atoms with van der Waals surface area (Å²) >= 11 is 0. The van der Waals surface area contributed by atoms with Crippen molar-refractivity contribution in [2.75, 3.05) is 13.2 Å². The number of epoxide rings is 1. The van der Waals surface area contributed by atoms with E-state index in [2.05, 4.69) is 47.1 Å². The summed E-state index contributed by atoms with van der Waals surface area (Å²) < 4.78 is 13.4. The average molecular weight is 665 g/mol. The highest BCUT2D eigenvalue weighted by Crippen LogP contribution is 2.72. The Balaban J connectivity index is 1.28. The Morgan fingerprint density at radius 3 is 0.980 bits per heavy atom. The van der Waals surface area contributed by atoms with Gasteiger partial charge in [-0.15, -0.1) is 0 Å². The molecule has 14 rings (SSSR count). The summed E-state index contributed by atoms with van der Waals surface area (Å²) in [5.41, 5.74) is 10.6. The lowest BCUT2D eigenvalue weighted by molar-refractivity contribution is -0.0255. The first-order chi connectivity index (χ1) is 23.3. The molecular weight excluding hydrogens is 597 g/mol. The Kier molecular flexibility index (Phi) is 6.52. The molecule has 1 heterocycles. The lowest BCUT2D eigenvalue weighted by Crippen LogP contribution is -2.56. The van der Waals surface area contributed by atoms with Crippen LogP contribution in [0.2, 0.25) is 0 Å². The van der Waals surface area contributed by atoms with Gasteiger partial charge < -0.3 is 9.47 Å². The average Bonchev–Trinajstić information content (AvgIpc) is 3.80. The summed E-state index contributed by atoms with van der Waals surface area (Å²) in [6.07, 6.45) is 27.4. The summed E-state index contributed by atoms with van der Waals surface area (Å²) in [6, 6.07) is 0. The van der Waals surface area contributed by atoms with Crippen molar-refractivity contribution in [3.63, 3.8) is 0 Å². The fraction of sp³-hybridized carbons (Fsp3) is 0.872. The van der Waals surface area contributed by atoms with Crippen LogP contribution in [-0.2, 0) is 31.8 Å². The number of ether oxygens (including phenoxy) is 2. The summed E-state index contributed by atoms with van der Waals surface area (Å²) in [5, 5.41) is 0. The van der Waals surface area contributed by atoms with Gasteiger partial charge in [0.1, 0.15) is 18.5 Å². The predicted molar refractivity (Wildman–Crippen MR) is 199 cm³/mol. The van der Waals surface area contributed by atoms with E-state index in [4.69, 9.17) is 9.47 Å². The molecule has 12 bridgehead atoms. The molecule has 0 amide bonds. The molecule has 0 aromatic heterocycles. The second kappa shape index (κ2) is 10.1. The van der Waals surface area contributed by atoms with Crippen LogP contribution in [0.4, 0.5) is 0 Å². The topological polar surface area (TPSA) is 21.8 Å². The highest BCUT2D eigenvalue weighted by molar-refractivity contribution is 5.67. The van der Waals surface area contributed by atoms with Crippen LogP contribution in [0.3, 0.4) is 0 Å². The third kappa shape index (κ3) is 4.72. The van der Waals surface area contributed by atoms with Gasteiger partial charge in [0, 0.05) is 11.1 Å².